The molecule has 4 aromatic rings. The van der Waals surface area contributed by atoms with E-state index in [9.17, 15) is 17.6 Å². The van der Waals surface area contributed by atoms with E-state index in [0.717, 1.165) is 28.0 Å². The van der Waals surface area contributed by atoms with E-state index in [1.54, 1.807) is 10.7 Å². The predicted octanol–water partition coefficient (Wildman–Crippen LogP) is 3.97. The number of halogens is 1. The lowest BCUT2D eigenvalue weighted by molar-refractivity contribution is -0.120. The van der Waals surface area contributed by atoms with Gasteiger partial charge in [0.15, 0.2) is 0 Å². The number of carbonyl (C=O) groups excluding carboxylic acids is 1. The van der Waals surface area contributed by atoms with E-state index >= 15 is 0 Å². The monoisotopic (exact) mass is 499 g/mol. The van der Waals surface area contributed by atoms with Gasteiger partial charge in [-0.05, 0) is 56.2 Å². The number of nitrogens with one attached hydrogen (secondary N) is 1. The molecule has 8 nitrogen and oxygen atoms in total. The average molecular weight is 500 g/mol. The Bertz CT molecular complexity index is 1430. The van der Waals surface area contributed by atoms with Gasteiger partial charge in [-0.2, -0.15) is 14.1 Å². The van der Waals surface area contributed by atoms with Crippen molar-refractivity contribution in [2.75, 3.05) is 18.4 Å². The van der Waals surface area contributed by atoms with E-state index in [2.05, 4.69) is 15.4 Å². The Hall–Kier alpha value is -3.15. The Labute approximate surface area is 200 Å². The average Bonchev–Trinajstić information content (AvgIpc) is 3.42. The first-order valence-electron chi connectivity index (χ1n) is 10.8. The molecule has 1 amide bonds. The minimum absolute atomic E-state index is 0.0134. The molecule has 176 valence electrons. The van der Waals surface area contributed by atoms with Crippen LogP contribution in [0.2, 0.25) is 0 Å². The van der Waals surface area contributed by atoms with Crippen molar-refractivity contribution in [3.63, 3.8) is 0 Å². The summed E-state index contributed by atoms with van der Waals surface area (Å²) in [6.45, 7) is 2.20. The number of thiazole rings is 1. The van der Waals surface area contributed by atoms with Crippen LogP contribution in [-0.2, 0) is 14.8 Å². The second-order valence-electron chi connectivity index (χ2n) is 8.19. The Balaban J connectivity index is 1.35. The molecule has 1 fully saturated rings. The Morgan fingerprint density at radius 1 is 1.18 bits per heavy atom. The summed E-state index contributed by atoms with van der Waals surface area (Å²) >= 11 is 1.47. The van der Waals surface area contributed by atoms with Crippen LogP contribution in [0.25, 0.3) is 15.3 Å². The van der Waals surface area contributed by atoms with Crippen LogP contribution in [0.5, 0.6) is 0 Å². The third-order valence-corrected chi connectivity index (χ3v) is 8.64. The first kappa shape index (κ1) is 22.6. The molecule has 1 aliphatic heterocycles. The number of hydrogen-bond donors (Lipinski definition) is 1. The van der Waals surface area contributed by atoms with Crippen molar-refractivity contribution in [1.82, 2.24) is 19.1 Å². The summed E-state index contributed by atoms with van der Waals surface area (Å²) in [6, 6.07) is 14.2. The van der Waals surface area contributed by atoms with Crippen LogP contribution in [0.15, 0.2) is 59.5 Å². The summed E-state index contributed by atoms with van der Waals surface area (Å²) in [5, 5.41) is 8.04. The van der Waals surface area contributed by atoms with Crippen molar-refractivity contribution in [1.29, 1.82) is 0 Å². The summed E-state index contributed by atoms with van der Waals surface area (Å²) in [4.78, 5) is 17.8. The number of piperidine rings is 1. The second kappa shape index (κ2) is 8.90. The van der Waals surface area contributed by atoms with Gasteiger partial charge in [-0.25, -0.2) is 17.8 Å². The summed E-state index contributed by atoms with van der Waals surface area (Å²) in [6.07, 6.45) is 1.12. The van der Waals surface area contributed by atoms with Crippen molar-refractivity contribution in [3.05, 3.63) is 66.1 Å². The number of anilines is 1. The smallest absolute Gasteiger partial charge is 0.243 e. The molecule has 34 heavy (non-hydrogen) atoms. The van der Waals surface area contributed by atoms with E-state index in [4.69, 9.17) is 0 Å². The molecule has 1 unspecified atom stereocenters. The molecule has 1 saturated heterocycles. The maximum Gasteiger partial charge on any atom is 0.243 e. The van der Waals surface area contributed by atoms with Gasteiger partial charge in [0.05, 0.1) is 26.7 Å². The van der Waals surface area contributed by atoms with E-state index in [1.807, 2.05) is 31.2 Å². The van der Waals surface area contributed by atoms with Crippen molar-refractivity contribution in [2.24, 2.45) is 5.92 Å². The highest BCUT2D eigenvalue weighted by atomic mass is 32.2. The largest absolute Gasteiger partial charge is 0.310 e. The van der Waals surface area contributed by atoms with Crippen molar-refractivity contribution < 1.29 is 17.6 Å². The van der Waals surface area contributed by atoms with Crippen LogP contribution in [0.4, 0.5) is 10.2 Å². The van der Waals surface area contributed by atoms with Gasteiger partial charge in [-0.15, -0.1) is 0 Å². The normalized spacial score (nSPS) is 17.2. The van der Waals surface area contributed by atoms with E-state index < -0.39 is 21.8 Å². The Morgan fingerprint density at radius 2 is 1.94 bits per heavy atom. The molecule has 1 atom stereocenters. The van der Waals surface area contributed by atoms with Gasteiger partial charge in [0.25, 0.3) is 0 Å². The van der Waals surface area contributed by atoms with Gasteiger partial charge >= 0.3 is 0 Å². The molecular formula is C23H22FN5O3S2. The number of fused-ring (bicyclic) bond motifs is 1. The molecule has 0 aliphatic carbocycles. The standard InChI is InChI=1S/C23H22FN5O3S2/c1-15-13-21(29(27-15)23-25-19-6-2-3-7-20(19)33-23)26-22(30)16-5-4-12-28(14-16)34(31,32)18-10-8-17(24)9-11-18/h2-3,6-11,13,16H,4-5,12,14H2,1H3,(H,26,30). The first-order valence-corrected chi connectivity index (χ1v) is 13.1. The first-order chi connectivity index (χ1) is 16.3. The summed E-state index contributed by atoms with van der Waals surface area (Å²) in [7, 11) is -3.82. The summed E-state index contributed by atoms with van der Waals surface area (Å²) in [5.74, 6) is -0.820. The second-order valence-corrected chi connectivity index (χ2v) is 11.1. The quantitative estimate of drug-likeness (QED) is 0.448. The van der Waals surface area contributed by atoms with Crippen molar-refractivity contribution in [2.45, 2.75) is 24.7 Å². The third-order valence-electron chi connectivity index (χ3n) is 5.75. The van der Waals surface area contributed by atoms with Crippen LogP contribution in [0.1, 0.15) is 18.5 Å². The van der Waals surface area contributed by atoms with Crippen LogP contribution >= 0.6 is 11.3 Å². The Kier molecular flexibility index (Phi) is 5.92. The van der Waals surface area contributed by atoms with Crippen LogP contribution in [0, 0.1) is 18.7 Å². The number of aryl methyl sites for hydroxylation is 1. The highest BCUT2D eigenvalue weighted by Crippen LogP contribution is 2.29. The highest BCUT2D eigenvalue weighted by molar-refractivity contribution is 7.89. The molecule has 0 bridgehead atoms. The topological polar surface area (TPSA) is 97.2 Å². The number of amides is 1. The van der Waals surface area contributed by atoms with Crippen LogP contribution in [0.3, 0.4) is 0 Å². The molecule has 3 heterocycles. The van der Waals surface area contributed by atoms with E-state index in [1.165, 1.54) is 27.8 Å². The number of benzene rings is 2. The third kappa shape index (κ3) is 4.33. The molecule has 0 radical (unpaired) electrons. The van der Waals surface area contributed by atoms with E-state index in [-0.39, 0.29) is 17.3 Å². The Morgan fingerprint density at radius 3 is 2.71 bits per heavy atom. The lowest BCUT2D eigenvalue weighted by Crippen LogP contribution is -2.43. The summed E-state index contributed by atoms with van der Waals surface area (Å²) in [5.41, 5.74) is 1.57. The van der Waals surface area contributed by atoms with Crippen LogP contribution in [-0.4, -0.2) is 46.5 Å². The van der Waals surface area contributed by atoms with Crippen LogP contribution < -0.4 is 5.32 Å². The minimum atomic E-state index is -3.82. The molecule has 2 aromatic carbocycles. The van der Waals surface area contributed by atoms with Gasteiger partial charge in [0.1, 0.15) is 11.6 Å². The zero-order valence-corrected chi connectivity index (χ0v) is 19.9. The fourth-order valence-corrected chi connectivity index (χ4v) is 6.50. The minimum Gasteiger partial charge on any atom is -0.310 e. The van der Waals surface area contributed by atoms with Gasteiger partial charge in [0.2, 0.25) is 21.1 Å². The molecule has 11 heteroatoms. The number of rotatable bonds is 5. The fourth-order valence-electron chi connectivity index (χ4n) is 4.04. The molecule has 1 aliphatic rings. The van der Waals surface area contributed by atoms with E-state index in [0.29, 0.717) is 30.3 Å². The molecular weight excluding hydrogens is 477 g/mol. The zero-order valence-electron chi connectivity index (χ0n) is 18.3. The number of para-hydroxylation sites is 1. The van der Waals surface area contributed by atoms with Gasteiger partial charge in [-0.3, -0.25) is 4.79 Å². The zero-order chi connectivity index (χ0) is 23.9. The molecule has 1 N–H and O–H groups in total. The molecule has 0 saturated carbocycles. The molecule has 5 rings (SSSR count). The van der Waals surface area contributed by atoms with Gasteiger partial charge < -0.3 is 5.32 Å². The number of sulfonamides is 1. The predicted molar refractivity (Wildman–Crippen MR) is 128 cm³/mol. The summed E-state index contributed by atoms with van der Waals surface area (Å²) < 4.78 is 43.2. The fraction of sp³-hybridized carbons (Fsp3) is 0.261. The number of hydrogen-bond acceptors (Lipinski definition) is 6. The SMILES string of the molecule is Cc1cc(NC(=O)C2CCCN(S(=O)(=O)c3ccc(F)cc3)C2)n(-c2nc3ccccc3s2)n1. The number of nitrogens with zero attached hydrogens (tertiary/aromatic N) is 4. The van der Waals surface area contributed by atoms with Crippen molar-refractivity contribution >= 4 is 43.3 Å². The maximum absolute atomic E-state index is 13.2. The lowest BCUT2D eigenvalue weighted by Gasteiger charge is -2.31. The van der Waals surface area contributed by atoms with Gasteiger partial charge in [0, 0.05) is 19.2 Å². The highest BCUT2D eigenvalue weighted by Gasteiger charge is 2.33. The maximum atomic E-state index is 13.2. The number of carbonyl (C=O) groups is 1. The van der Waals surface area contributed by atoms with Gasteiger partial charge in [-0.1, -0.05) is 23.5 Å². The molecule has 2 aromatic heterocycles. The lowest BCUT2D eigenvalue weighted by atomic mass is 9.99. The number of aromatic nitrogens is 3. The molecule has 0 spiro atoms. The van der Waals surface area contributed by atoms with Crippen molar-refractivity contribution in [3.8, 4) is 5.13 Å².